The number of hydrogen-bond acceptors (Lipinski definition) is 2. The van der Waals surface area contributed by atoms with E-state index in [-0.39, 0.29) is 23.3 Å². The average Bonchev–Trinajstić information content (AvgIpc) is 3.04. The Morgan fingerprint density at radius 1 is 1.14 bits per heavy atom. The highest BCUT2D eigenvalue weighted by Gasteiger charge is 2.42. The Balaban J connectivity index is 2.32. The van der Waals surface area contributed by atoms with Crippen molar-refractivity contribution in [1.82, 2.24) is 10.6 Å². The Morgan fingerprint density at radius 2 is 1.73 bits per heavy atom. The van der Waals surface area contributed by atoms with Gasteiger partial charge in [0, 0.05) is 23.9 Å². The van der Waals surface area contributed by atoms with Gasteiger partial charge in [-0.2, -0.15) is 0 Å². The second-order valence-corrected chi connectivity index (χ2v) is 8.22. The molecule has 3 atom stereocenters. The highest BCUT2D eigenvalue weighted by Crippen LogP contribution is 2.38. The maximum Gasteiger partial charge on any atom is 0.226 e. The fourth-order valence-electron chi connectivity index (χ4n) is 2.60. The van der Waals surface area contributed by atoms with Gasteiger partial charge >= 0.3 is 0 Å². The molecular weight excluding hydrogens is 276 g/mol. The molecular formula is C18H34N2O2. The van der Waals surface area contributed by atoms with Crippen LogP contribution in [-0.2, 0) is 9.59 Å². The summed E-state index contributed by atoms with van der Waals surface area (Å²) in [5.41, 5.74) is -0.324. The van der Waals surface area contributed by atoms with Crippen LogP contribution in [0.3, 0.4) is 0 Å². The summed E-state index contributed by atoms with van der Waals surface area (Å²) in [6.45, 7) is 14.2. The lowest BCUT2D eigenvalue weighted by molar-refractivity contribution is -0.131. The molecule has 0 aromatic rings. The largest absolute Gasteiger partial charge is 0.354 e. The van der Waals surface area contributed by atoms with Crippen LogP contribution in [0.25, 0.3) is 0 Å². The maximum absolute atomic E-state index is 12.3. The Morgan fingerprint density at radius 3 is 2.23 bits per heavy atom. The van der Waals surface area contributed by atoms with E-state index in [1.165, 1.54) is 0 Å². The van der Waals surface area contributed by atoms with Crippen LogP contribution in [0.2, 0.25) is 0 Å². The molecule has 0 saturated heterocycles. The summed E-state index contributed by atoms with van der Waals surface area (Å²) < 4.78 is 0. The van der Waals surface area contributed by atoms with E-state index >= 15 is 0 Å². The molecule has 4 nitrogen and oxygen atoms in total. The van der Waals surface area contributed by atoms with Gasteiger partial charge in [0.05, 0.1) is 0 Å². The minimum Gasteiger partial charge on any atom is -0.354 e. The lowest BCUT2D eigenvalue weighted by Gasteiger charge is -2.27. The Kier molecular flexibility index (Phi) is 6.45. The van der Waals surface area contributed by atoms with Crippen LogP contribution in [0, 0.1) is 23.2 Å². The van der Waals surface area contributed by atoms with Crippen LogP contribution in [0.1, 0.15) is 67.7 Å². The van der Waals surface area contributed by atoms with Crippen molar-refractivity contribution in [3.05, 3.63) is 0 Å². The van der Waals surface area contributed by atoms with Crippen molar-refractivity contribution in [2.75, 3.05) is 0 Å². The molecule has 0 bridgehead atoms. The molecule has 0 aromatic heterocycles. The van der Waals surface area contributed by atoms with Gasteiger partial charge in [0.15, 0.2) is 0 Å². The molecule has 4 heteroatoms. The number of rotatable bonds is 8. The summed E-state index contributed by atoms with van der Waals surface area (Å²) >= 11 is 0. The molecule has 1 rings (SSSR count). The van der Waals surface area contributed by atoms with Gasteiger partial charge in [0.25, 0.3) is 0 Å². The Bertz CT molecular complexity index is 402. The second kappa shape index (κ2) is 7.47. The zero-order valence-electron chi connectivity index (χ0n) is 15.3. The van der Waals surface area contributed by atoms with Crippen molar-refractivity contribution in [3.8, 4) is 0 Å². The van der Waals surface area contributed by atoms with Crippen molar-refractivity contribution >= 4 is 11.8 Å². The first-order valence-corrected chi connectivity index (χ1v) is 8.64. The molecule has 3 unspecified atom stereocenters. The minimum atomic E-state index is -0.324. The van der Waals surface area contributed by atoms with Crippen LogP contribution in [-0.4, -0.2) is 23.9 Å². The molecule has 0 heterocycles. The van der Waals surface area contributed by atoms with Gasteiger partial charge in [0.1, 0.15) is 0 Å². The van der Waals surface area contributed by atoms with Gasteiger partial charge in [-0.15, -0.1) is 0 Å². The number of nitrogens with one attached hydrogen (secondary N) is 2. The third-order valence-corrected chi connectivity index (χ3v) is 4.96. The smallest absolute Gasteiger partial charge is 0.226 e. The van der Waals surface area contributed by atoms with Crippen molar-refractivity contribution < 1.29 is 9.59 Å². The molecule has 2 N–H and O–H groups in total. The molecule has 1 saturated carbocycles. The van der Waals surface area contributed by atoms with Gasteiger partial charge in [0.2, 0.25) is 11.8 Å². The number of carbonyl (C=O) groups is 2. The highest BCUT2D eigenvalue weighted by molar-refractivity contribution is 5.82. The molecule has 2 amide bonds. The lowest BCUT2D eigenvalue weighted by Crippen LogP contribution is -2.41. The number of carbonyl (C=O) groups excluding carboxylic acids is 2. The molecule has 22 heavy (non-hydrogen) atoms. The zero-order valence-corrected chi connectivity index (χ0v) is 15.3. The summed E-state index contributed by atoms with van der Waals surface area (Å²) in [5.74, 6) is 1.51. The SMILES string of the molecule is CC(CC(=O)NC(C)C)CC1CC1NC(=O)C(C)(C)C(C)C. The standard InChI is InChI=1S/C18H34N2O2/c1-11(2)18(6,7)17(22)20-15-10-14(15)8-13(5)9-16(21)19-12(3)4/h11-15H,8-10H2,1-7H3,(H,19,21)(H,20,22). The van der Waals surface area contributed by atoms with Crippen LogP contribution in [0.15, 0.2) is 0 Å². The monoisotopic (exact) mass is 310 g/mol. The molecule has 0 radical (unpaired) electrons. The summed E-state index contributed by atoms with van der Waals surface area (Å²) in [7, 11) is 0. The lowest BCUT2D eigenvalue weighted by atomic mass is 9.80. The predicted molar refractivity (Wildman–Crippen MR) is 90.3 cm³/mol. The van der Waals surface area contributed by atoms with Crippen LogP contribution >= 0.6 is 0 Å². The molecule has 0 aromatic carbocycles. The minimum absolute atomic E-state index is 0.129. The van der Waals surface area contributed by atoms with Crippen LogP contribution in [0.5, 0.6) is 0 Å². The summed E-state index contributed by atoms with van der Waals surface area (Å²) in [6.07, 6.45) is 2.64. The van der Waals surface area contributed by atoms with Gasteiger partial charge in [-0.3, -0.25) is 9.59 Å². The topological polar surface area (TPSA) is 58.2 Å². The van der Waals surface area contributed by atoms with E-state index in [2.05, 4.69) is 31.4 Å². The number of hydrogen-bond donors (Lipinski definition) is 2. The fourth-order valence-corrected chi connectivity index (χ4v) is 2.60. The third-order valence-electron chi connectivity index (χ3n) is 4.96. The first-order chi connectivity index (χ1) is 10.0. The normalized spacial score (nSPS) is 22.6. The zero-order chi connectivity index (χ0) is 17.1. The van der Waals surface area contributed by atoms with Crippen LogP contribution < -0.4 is 10.6 Å². The highest BCUT2D eigenvalue weighted by atomic mass is 16.2. The van der Waals surface area contributed by atoms with Crippen LogP contribution in [0.4, 0.5) is 0 Å². The van der Waals surface area contributed by atoms with E-state index < -0.39 is 0 Å². The molecule has 0 aliphatic heterocycles. The molecule has 1 aliphatic rings. The summed E-state index contributed by atoms with van der Waals surface area (Å²) in [6, 6.07) is 0.507. The molecule has 1 aliphatic carbocycles. The quantitative estimate of drug-likeness (QED) is 0.723. The number of amides is 2. The first kappa shape index (κ1) is 19.0. The fraction of sp³-hybridized carbons (Fsp3) is 0.889. The van der Waals surface area contributed by atoms with E-state index in [0.717, 1.165) is 12.8 Å². The van der Waals surface area contributed by atoms with Crippen molar-refractivity contribution in [3.63, 3.8) is 0 Å². The van der Waals surface area contributed by atoms with E-state index in [0.29, 0.717) is 30.2 Å². The first-order valence-electron chi connectivity index (χ1n) is 8.64. The van der Waals surface area contributed by atoms with Gasteiger partial charge in [-0.25, -0.2) is 0 Å². The third kappa shape index (κ3) is 5.62. The summed E-state index contributed by atoms with van der Waals surface area (Å²) in [5, 5.41) is 6.11. The van der Waals surface area contributed by atoms with Crippen molar-refractivity contribution in [2.45, 2.75) is 79.8 Å². The maximum atomic E-state index is 12.3. The Labute approximate surface area is 135 Å². The summed E-state index contributed by atoms with van der Waals surface area (Å²) in [4.78, 5) is 24.1. The molecule has 1 fully saturated rings. The van der Waals surface area contributed by atoms with E-state index in [1.54, 1.807) is 0 Å². The van der Waals surface area contributed by atoms with E-state index in [9.17, 15) is 9.59 Å². The predicted octanol–water partition coefficient (Wildman–Crippen LogP) is 3.11. The van der Waals surface area contributed by atoms with Crippen molar-refractivity contribution in [2.24, 2.45) is 23.2 Å². The second-order valence-electron chi connectivity index (χ2n) is 8.22. The van der Waals surface area contributed by atoms with E-state index in [4.69, 9.17) is 0 Å². The Hall–Kier alpha value is -1.06. The van der Waals surface area contributed by atoms with Gasteiger partial charge < -0.3 is 10.6 Å². The van der Waals surface area contributed by atoms with Crippen molar-refractivity contribution in [1.29, 1.82) is 0 Å². The average molecular weight is 310 g/mol. The van der Waals surface area contributed by atoms with Gasteiger partial charge in [-0.05, 0) is 44.4 Å². The molecule has 0 spiro atoms. The van der Waals surface area contributed by atoms with Gasteiger partial charge in [-0.1, -0.05) is 34.6 Å². The van der Waals surface area contributed by atoms with E-state index in [1.807, 2.05) is 27.7 Å². The molecule has 128 valence electrons.